The van der Waals surface area contributed by atoms with Crippen molar-refractivity contribution in [3.63, 3.8) is 0 Å². The van der Waals surface area contributed by atoms with Crippen molar-refractivity contribution in [3.05, 3.63) is 81.2 Å². The molecule has 0 aliphatic rings. The Balaban J connectivity index is 1.63. The van der Waals surface area contributed by atoms with Gasteiger partial charge in [-0.05, 0) is 49.6 Å². The van der Waals surface area contributed by atoms with E-state index < -0.39 is 11.6 Å². The molecule has 3 rings (SSSR count). The number of carbonyl (C=O) groups is 2. The molecule has 2 aromatic carbocycles. The summed E-state index contributed by atoms with van der Waals surface area (Å²) in [7, 11) is 0. The maximum atomic E-state index is 12.4. The van der Waals surface area contributed by atoms with Gasteiger partial charge in [-0.15, -0.1) is 0 Å². The Morgan fingerprint density at radius 1 is 1.03 bits per heavy atom. The molecule has 2 N–H and O–H groups in total. The predicted octanol–water partition coefficient (Wildman–Crippen LogP) is 3.92. The van der Waals surface area contributed by atoms with Crippen LogP contribution in [0.15, 0.2) is 57.7 Å². The minimum Gasteiger partial charge on any atom is -0.457 e. The number of benzene rings is 2. The van der Waals surface area contributed by atoms with Gasteiger partial charge in [-0.1, -0.05) is 31.2 Å². The summed E-state index contributed by atoms with van der Waals surface area (Å²) >= 11 is 0. The van der Waals surface area contributed by atoms with Crippen LogP contribution in [-0.2, 0) is 24.3 Å². The van der Waals surface area contributed by atoms with Gasteiger partial charge in [0.2, 0.25) is 0 Å². The third-order valence-electron chi connectivity index (χ3n) is 4.72. The van der Waals surface area contributed by atoms with Gasteiger partial charge in [0.25, 0.3) is 0 Å². The molecular weight excluding hydrogens is 396 g/mol. The Hall–Kier alpha value is -3.61. The molecule has 31 heavy (non-hydrogen) atoms. The molecule has 7 nitrogen and oxygen atoms in total. The number of urea groups is 1. The summed E-state index contributed by atoms with van der Waals surface area (Å²) in [6.45, 7) is 6.10. The smallest absolute Gasteiger partial charge is 0.338 e. The quantitative estimate of drug-likeness (QED) is 0.444. The van der Waals surface area contributed by atoms with Gasteiger partial charge in [-0.25, -0.2) is 14.4 Å². The first kappa shape index (κ1) is 22.1. The highest BCUT2D eigenvalue weighted by Gasteiger charge is 2.12. The van der Waals surface area contributed by atoms with E-state index in [1.807, 2.05) is 39.0 Å². The van der Waals surface area contributed by atoms with Crippen LogP contribution in [0.25, 0.3) is 11.0 Å². The molecule has 0 aliphatic carbocycles. The Morgan fingerprint density at radius 2 is 1.74 bits per heavy atom. The van der Waals surface area contributed by atoms with Crippen molar-refractivity contribution in [1.82, 2.24) is 10.6 Å². The molecule has 0 fully saturated rings. The molecule has 0 spiro atoms. The van der Waals surface area contributed by atoms with Gasteiger partial charge >= 0.3 is 17.6 Å². The number of hydrogen-bond donors (Lipinski definition) is 2. The number of aryl methyl sites for hydroxylation is 1. The van der Waals surface area contributed by atoms with E-state index in [4.69, 9.17) is 9.15 Å². The summed E-state index contributed by atoms with van der Waals surface area (Å²) in [4.78, 5) is 36.0. The number of carbonyl (C=O) groups excluding carboxylic acids is 2. The summed E-state index contributed by atoms with van der Waals surface area (Å²) in [5, 5.41) is 6.24. The molecule has 0 radical (unpaired) electrons. The number of hydrogen-bond acceptors (Lipinski definition) is 5. The SMILES string of the molecule is CCc1ccc2c(COC(=O)c3ccc(CNC(=O)NC(C)C)cc3)cc(=O)oc2c1. The highest BCUT2D eigenvalue weighted by atomic mass is 16.5. The van der Waals surface area contributed by atoms with Crippen molar-refractivity contribution >= 4 is 23.0 Å². The highest BCUT2D eigenvalue weighted by molar-refractivity contribution is 5.89. The van der Waals surface area contributed by atoms with Gasteiger partial charge in [0.15, 0.2) is 0 Å². The van der Waals surface area contributed by atoms with E-state index in [-0.39, 0.29) is 18.7 Å². The van der Waals surface area contributed by atoms with Crippen LogP contribution in [0.2, 0.25) is 0 Å². The molecule has 0 aliphatic heterocycles. The van der Waals surface area contributed by atoms with Gasteiger partial charge in [0, 0.05) is 29.6 Å². The summed E-state index contributed by atoms with van der Waals surface area (Å²) in [5.74, 6) is -0.497. The maximum Gasteiger partial charge on any atom is 0.338 e. The van der Waals surface area contributed by atoms with Crippen molar-refractivity contribution in [2.45, 2.75) is 46.4 Å². The van der Waals surface area contributed by atoms with E-state index in [0.29, 0.717) is 23.3 Å². The average molecular weight is 422 g/mol. The van der Waals surface area contributed by atoms with E-state index in [1.165, 1.54) is 6.07 Å². The Bertz CT molecular complexity index is 1130. The van der Waals surface area contributed by atoms with E-state index in [9.17, 15) is 14.4 Å². The fraction of sp³-hybridized carbons (Fsp3) is 0.292. The zero-order valence-electron chi connectivity index (χ0n) is 17.9. The lowest BCUT2D eigenvalue weighted by Crippen LogP contribution is -2.39. The van der Waals surface area contributed by atoms with Crippen LogP contribution < -0.4 is 16.3 Å². The average Bonchev–Trinajstić information content (AvgIpc) is 2.75. The van der Waals surface area contributed by atoms with Crippen molar-refractivity contribution in [2.24, 2.45) is 0 Å². The molecule has 7 heteroatoms. The normalized spacial score (nSPS) is 10.8. The molecule has 3 aromatic rings. The Morgan fingerprint density at radius 3 is 2.42 bits per heavy atom. The van der Waals surface area contributed by atoms with Crippen LogP contribution >= 0.6 is 0 Å². The van der Waals surface area contributed by atoms with Crippen LogP contribution in [0.3, 0.4) is 0 Å². The first-order chi connectivity index (χ1) is 14.9. The maximum absolute atomic E-state index is 12.4. The summed E-state index contributed by atoms with van der Waals surface area (Å²) in [6.07, 6.45) is 0.826. The highest BCUT2D eigenvalue weighted by Crippen LogP contribution is 2.20. The first-order valence-corrected chi connectivity index (χ1v) is 10.2. The summed E-state index contributed by atoms with van der Waals surface area (Å²) in [6, 6.07) is 13.6. The predicted molar refractivity (Wildman–Crippen MR) is 118 cm³/mol. The number of esters is 1. The van der Waals surface area contributed by atoms with Crippen molar-refractivity contribution in [1.29, 1.82) is 0 Å². The van der Waals surface area contributed by atoms with Gasteiger partial charge < -0.3 is 19.8 Å². The van der Waals surface area contributed by atoms with E-state index in [2.05, 4.69) is 10.6 Å². The van der Waals surface area contributed by atoms with Gasteiger partial charge in [0.1, 0.15) is 12.2 Å². The van der Waals surface area contributed by atoms with Crippen LogP contribution in [0.4, 0.5) is 4.79 Å². The second kappa shape index (κ2) is 9.93. The second-order valence-corrected chi connectivity index (χ2v) is 7.53. The number of nitrogens with one attached hydrogen (secondary N) is 2. The monoisotopic (exact) mass is 422 g/mol. The molecule has 0 bridgehead atoms. The van der Waals surface area contributed by atoms with Crippen LogP contribution in [-0.4, -0.2) is 18.0 Å². The number of fused-ring (bicyclic) bond motifs is 1. The van der Waals surface area contributed by atoms with E-state index >= 15 is 0 Å². The molecule has 0 unspecified atom stereocenters. The molecule has 0 atom stereocenters. The number of ether oxygens (including phenoxy) is 1. The topological polar surface area (TPSA) is 97.6 Å². The van der Waals surface area contributed by atoms with Crippen molar-refractivity contribution in [3.8, 4) is 0 Å². The fourth-order valence-electron chi connectivity index (χ4n) is 3.09. The molecule has 0 saturated heterocycles. The molecule has 1 heterocycles. The van der Waals surface area contributed by atoms with Crippen LogP contribution in [0.1, 0.15) is 47.8 Å². The fourth-order valence-corrected chi connectivity index (χ4v) is 3.09. The van der Waals surface area contributed by atoms with Crippen molar-refractivity contribution in [2.75, 3.05) is 0 Å². The summed E-state index contributed by atoms with van der Waals surface area (Å²) < 4.78 is 10.7. The minimum absolute atomic E-state index is 0.0366. The van der Waals surface area contributed by atoms with Crippen LogP contribution in [0.5, 0.6) is 0 Å². The number of rotatable bonds is 7. The third kappa shape index (κ3) is 5.94. The lowest BCUT2D eigenvalue weighted by atomic mass is 10.1. The molecule has 162 valence electrons. The molecule has 1 aromatic heterocycles. The summed E-state index contributed by atoms with van der Waals surface area (Å²) in [5.41, 5.74) is 2.89. The van der Waals surface area contributed by atoms with Crippen molar-refractivity contribution < 1.29 is 18.7 Å². The van der Waals surface area contributed by atoms with Crippen LogP contribution in [0, 0.1) is 0 Å². The largest absolute Gasteiger partial charge is 0.457 e. The lowest BCUT2D eigenvalue weighted by molar-refractivity contribution is 0.0473. The second-order valence-electron chi connectivity index (χ2n) is 7.53. The van der Waals surface area contributed by atoms with Gasteiger partial charge in [-0.3, -0.25) is 0 Å². The first-order valence-electron chi connectivity index (χ1n) is 10.2. The van der Waals surface area contributed by atoms with E-state index in [0.717, 1.165) is 22.9 Å². The third-order valence-corrected chi connectivity index (χ3v) is 4.72. The van der Waals surface area contributed by atoms with E-state index in [1.54, 1.807) is 24.3 Å². The van der Waals surface area contributed by atoms with Gasteiger partial charge in [-0.2, -0.15) is 0 Å². The minimum atomic E-state index is -0.497. The standard InChI is InChI=1S/C24H26N2O5/c1-4-16-7-10-20-19(12-22(27)31-21(20)11-16)14-30-23(28)18-8-5-17(6-9-18)13-25-24(29)26-15(2)3/h5-12,15H,4,13-14H2,1-3H3,(H2,25,26,29). The molecule has 0 saturated carbocycles. The zero-order chi connectivity index (χ0) is 22.4. The Kier molecular flexibility index (Phi) is 7.07. The van der Waals surface area contributed by atoms with Gasteiger partial charge in [0.05, 0.1) is 5.56 Å². The Labute approximate surface area is 180 Å². The zero-order valence-corrected chi connectivity index (χ0v) is 17.9. The lowest BCUT2D eigenvalue weighted by Gasteiger charge is -2.10. The molecule has 2 amide bonds. The number of amides is 2. The molecular formula is C24H26N2O5.